The van der Waals surface area contributed by atoms with E-state index < -0.39 is 0 Å². The molecule has 0 bridgehead atoms. The van der Waals surface area contributed by atoms with Crippen molar-refractivity contribution in [2.24, 2.45) is 0 Å². The topological polar surface area (TPSA) is 68.3 Å². The van der Waals surface area contributed by atoms with E-state index in [1.54, 1.807) is 30.5 Å². The molecule has 0 aliphatic heterocycles. The molecular formula is C24H24N2O3. The largest absolute Gasteiger partial charge is 0.487 e. The van der Waals surface area contributed by atoms with Crippen molar-refractivity contribution < 1.29 is 14.3 Å². The Kier molecular flexibility index (Phi) is 7.52. The van der Waals surface area contributed by atoms with Crippen LogP contribution in [0.1, 0.15) is 40.9 Å². The number of rotatable bonds is 10. The molecule has 0 radical (unpaired) electrons. The van der Waals surface area contributed by atoms with E-state index in [0.29, 0.717) is 43.7 Å². The minimum absolute atomic E-state index is 0.0251. The number of pyridine rings is 1. The molecule has 3 rings (SSSR count). The number of aromatic nitrogens is 1. The summed E-state index contributed by atoms with van der Waals surface area (Å²) in [5, 5.41) is 2.88. The van der Waals surface area contributed by atoms with Crippen LogP contribution in [0.25, 0.3) is 0 Å². The molecule has 0 saturated carbocycles. The molecule has 0 saturated heterocycles. The van der Waals surface area contributed by atoms with Crippen LogP contribution < -0.4 is 10.1 Å². The summed E-state index contributed by atoms with van der Waals surface area (Å²) >= 11 is 0. The van der Waals surface area contributed by atoms with Crippen molar-refractivity contribution >= 4 is 11.7 Å². The van der Waals surface area contributed by atoms with E-state index in [1.165, 1.54) is 0 Å². The van der Waals surface area contributed by atoms with Gasteiger partial charge in [-0.1, -0.05) is 36.4 Å². The zero-order valence-corrected chi connectivity index (χ0v) is 16.2. The minimum Gasteiger partial charge on any atom is -0.487 e. The number of carbonyl (C=O) groups is 2. The molecule has 1 N–H and O–H groups in total. The van der Waals surface area contributed by atoms with Crippen LogP contribution in [0.2, 0.25) is 0 Å². The maximum atomic E-state index is 12.3. The fourth-order valence-electron chi connectivity index (χ4n) is 2.82. The number of hydrogen-bond acceptors (Lipinski definition) is 4. The maximum absolute atomic E-state index is 12.3. The molecule has 1 amide bonds. The summed E-state index contributed by atoms with van der Waals surface area (Å²) in [6.07, 6.45) is 2.93. The van der Waals surface area contributed by atoms with Gasteiger partial charge in [-0.2, -0.15) is 0 Å². The fraction of sp³-hybridized carbons (Fsp3) is 0.208. The van der Waals surface area contributed by atoms with Gasteiger partial charge in [0.1, 0.15) is 12.4 Å². The highest BCUT2D eigenvalue weighted by Gasteiger charge is 2.08. The molecule has 0 unspecified atom stereocenters. The summed E-state index contributed by atoms with van der Waals surface area (Å²) in [5.74, 6) is 0.671. The normalized spacial score (nSPS) is 10.3. The predicted octanol–water partition coefficient (Wildman–Crippen LogP) is 4.33. The van der Waals surface area contributed by atoms with Gasteiger partial charge in [0, 0.05) is 31.1 Å². The van der Waals surface area contributed by atoms with Crippen molar-refractivity contribution in [3.63, 3.8) is 0 Å². The lowest BCUT2D eigenvalue weighted by Gasteiger charge is -2.07. The second kappa shape index (κ2) is 10.8. The van der Waals surface area contributed by atoms with Crippen LogP contribution in [-0.4, -0.2) is 16.7 Å². The van der Waals surface area contributed by atoms with Crippen molar-refractivity contribution in [1.29, 1.82) is 0 Å². The number of ketones is 1. The van der Waals surface area contributed by atoms with Gasteiger partial charge < -0.3 is 10.1 Å². The average molecular weight is 388 g/mol. The first-order chi connectivity index (χ1) is 14.2. The van der Waals surface area contributed by atoms with Gasteiger partial charge in [0.25, 0.3) is 0 Å². The summed E-state index contributed by atoms with van der Waals surface area (Å²) < 4.78 is 5.68. The van der Waals surface area contributed by atoms with E-state index in [-0.39, 0.29) is 11.7 Å². The third-order valence-corrected chi connectivity index (χ3v) is 4.43. The summed E-state index contributed by atoms with van der Waals surface area (Å²) in [5.41, 5.74) is 2.53. The van der Waals surface area contributed by atoms with Crippen LogP contribution in [0.3, 0.4) is 0 Å². The van der Waals surface area contributed by atoms with Crippen molar-refractivity contribution in [3.8, 4) is 5.75 Å². The van der Waals surface area contributed by atoms with Crippen LogP contribution in [-0.2, 0) is 17.9 Å². The Morgan fingerprint density at radius 3 is 2.34 bits per heavy atom. The maximum Gasteiger partial charge on any atom is 0.220 e. The molecule has 0 aliphatic rings. The zero-order valence-electron chi connectivity index (χ0n) is 16.2. The molecule has 5 heteroatoms. The average Bonchev–Trinajstić information content (AvgIpc) is 2.78. The van der Waals surface area contributed by atoms with Crippen LogP contribution in [0, 0.1) is 0 Å². The van der Waals surface area contributed by atoms with Gasteiger partial charge in [-0.25, -0.2) is 0 Å². The number of benzene rings is 2. The number of amides is 1. The van der Waals surface area contributed by atoms with E-state index in [0.717, 1.165) is 11.3 Å². The lowest BCUT2D eigenvalue weighted by Crippen LogP contribution is -2.22. The first-order valence-corrected chi connectivity index (χ1v) is 9.67. The van der Waals surface area contributed by atoms with Crippen molar-refractivity contribution in [3.05, 3.63) is 95.8 Å². The predicted molar refractivity (Wildman–Crippen MR) is 111 cm³/mol. The van der Waals surface area contributed by atoms with E-state index in [4.69, 9.17) is 4.74 Å². The standard InChI is InChI=1S/C24H24N2O3/c27-23(10-6-11-24(28)26-17-19-7-2-1-3-8-19)20-12-14-22(15-13-20)29-18-21-9-4-5-16-25-21/h1-5,7-9,12-16H,6,10-11,17-18H2,(H,26,28). The molecule has 0 atom stereocenters. The highest BCUT2D eigenvalue weighted by molar-refractivity contribution is 5.96. The Morgan fingerprint density at radius 2 is 1.62 bits per heavy atom. The summed E-state index contributed by atoms with van der Waals surface area (Å²) in [7, 11) is 0. The van der Waals surface area contributed by atoms with Crippen molar-refractivity contribution in [2.45, 2.75) is 32.4 Å². The second-order valence-electron chi connectivity index (χ2n) is 6.67. The van der Waals surface area contributed by atoms with Crippen LogP contribution in [0.15, 0.2) is 79.0 Å². The van der Waals surface area contributed by atoms with Gasteiger partial charge in [0.2, 0.25) is 5.91 Å². The van der Waals surface area contributed by atoms with E-state index >= 15 is 0 Å². The van der Waals surface area contributed by atoms with Gasteiger partial charge in [-0.05, 0) is 48.4 Å². The number of carbonyl (C=O) groups excluding carboxylic acids is 2. The Morgan fingerprint density at radius 1 is 0.862 bits per heavy atom. The number of nitrogens with one attached hydrogen (secondary N) is 1. The highest BCUT2D eigenvalue weighted by Crippen LogP contribution is 2.15. The molecule has 0 spiro atoms. The highest BCUT2D eigenvalue weighted by atomic mass is 16.5. The molecule has 29 heavy (non-hydrogen) atoms. The Hall–Kier alpha value is -3.47. The molecular weight excluding hydrogens is 364 g/mol. The lowest BCUT2D eigenvalue weighted by molar-refractivity contribution is -0.121. The first-order valence-electron chi connectivity index (χ1n) is 9.67. The van der Waals surface area contributed by atoms with Gasteiger partial charge in [-0.15, -0.1) is 0 Å². The molecule has 5 nitrogen and oxygen atoms in total. The summed E-state index contributed by atoms with van der Waals surface area (Å²) in [6, 6.07) is 22.5. The first kappa shape index (κ1) is 20.3. The number of nitrogens with zero attached hydrogens (tertiary/aromatic N) is 1. The third-order valence-electron chi connectivity index (χ3n) is 4.43. The Bertz CT molecular complexity index is 910. The third kappa shape index (κ3) is 6.88. The second-order valence-corrected chi connectivity index (χ2v) is 6.67. The van der Waals surface area contributed by atoms with Crippen LogP contribution >= 0.6 is 0 Å². The minimum atomic E-state index is -0.0417. The zero-order chi connectivity index (χ0) is 20.3. The number of ether oxygens (including phenoxy) is 1. The summed E-state index contributed by atoms with van der Waals surface area (Å²) in [6.45, 7) is 0.889. The van der Waals surface area contributed by atoms with Crippen molar-refractivity contribution in [2.75, 3.05) is 0 Å². The Labute approximate surface area is 170 Å². The van der Waals surface area contributed by atoms with Crippen molar-refractivity contribution in [1.82, 2.24) is 10.3 Å². The molecule has 0 aliphatic carbocycles. The van der Waals surface area contributed by atoms with Gasteiger partial charge >= 0.3 is 0 Å². The van der Waals surface area contributed by atoms with Crippen LogP contribution in [0.5, 0.6) is 5.75 Å². The molecule has 2 aromatic carbocycles. The van der Waals surface area contributed by atoms with Gasteiger partial charge in [-0.3, -0.25) is 14.6 Å². The van der Waals surface area contributed by atoms with E-state index in [9.17, 15) is 9.59 Å². The molecule has 148 valence electrons. The lowest BCUT2D eigenvalue weighted by atomic mass is 10.1. The summed E-state index contributed by atoms with van der Waals surface area (Å²) in [4.78, 5) is 28.4. The molecule has 1 heterocycles. The quantitative estimate of drug-likeness (QED) is 0.525. The smallest absolute Gasteiger partial charge is 0.220 e. The number of hydrogen-bond donors (Lipinski definition) is 1. The van der Waals surface area contributed by atoms with Crippen LogP contribution in [0.4, 0.5) is 0 Å². The monoisotopic (exact) mass is 388 g/mol. The molecule has 0 fully saturated rings. The van der Waals surface area contributed by atoms with E-state index in [2.05, 4.69) is 10.3 Å². The fourth-order valence-corrected chi connectivity index (χ4v) is 2.82. The molecule has 1 aromatic heterocycles. The Balaban J connectivity index is 1.37. The van der Waals surface area contributed by atoms with Gasteiger partial charge in [0.15, 0.2) is 5.78 Å². The van der Waals surface area contributed by atoms with E-state index in [1.807, 2.05) is 48.5 Å². The van der Waals surface area contributed by atoms with Gasteiger partial charge in [0.05, 0.1) is 5.69 Å². The molecule has 3 aromatic rings. The number of Topliss-reactive ketones (excluding diaryl/α,β-unsaturated/α-hetero) is 1. The SMILES string of the molecule is O=C(CCCC(=O)c1ccc(OCc2ccccn2)cc1)NCc1ccccc1.